The molecule has 0 unspecified atom stereocenters. The Bertz CT molecular complexity index is 1020. The van der Waals surface area contributed by atoms with E-state index in [-0.39, 0.29) is 5.91 Å². The molecule has 1 N–H and O–H groups in total. The van der Waals surface area contributed by atoms with E-state index >= 15 is 0 Å². The van der Waals surface area contributed by atoms with Gasteiger partial charge < -0.3 is 5.32 Å². The van der Waals surface area contributed by atoms with E-state index in [0.717, 1.165) is 56.6 Å². The van der Waals surface area contributed by atoms with Crippen LogP contribution >= 0.6 is 0 Å². The summed E-state index contributed by atoms with van der Waals surface area (Å²) in [6, 6.07) is 15.1. The number of rotatable bonds is 14. The average molecular weight is 472 g/mol. The molecule has 0 saturated heterocycles. The predicted octanol–water partition coefficient (Wildman–Crippen LogP) is 4.87. The van der Waals surface area contributed by atoms with Gasteiger partial charge in [0, 0.05) is 63.0 Å². The highest BCUT2D eigenvalue weighted by molar-refractivity contribution is 5.91. The minimum Gasteiger partial charge on any atom is -0.353 e. The molecule has 1 amide bonds. The summed E-state index contributed by atoms with van der Waals surface area (Å²) in [5, 5.41) is 2.95. The molecule has 0 fully saturated rings. The monoisotopic (exact) mass is 471 g/mol. The zero-order chi connectivity index (χ0) is 24.7. The Balaban J connectivity index is 1.31. The van der Waals surface area contributed by atoms with Gasteiger partial charge in [0.05, 0.1) is 0 Å². The lowest BCUT2D eigenvalue weighted by Gasteiger charge is -2.26. The van der Waals surface area contributed by atoms with Crippen LogP contribution in [0, 0.1) is 0 Å². The molecule has 6 nitrogen and oxygen atoms in total. The number of nitrogens with one attached hydrogen (secondary N) is 1. The van der Waals surface area contributed by atoms with Crippen LogP contribution in [0.1, 0.15) is 55.6 Å². The number of hydrogen-bond acceptors (Lipinski definition) is 5. The fraction of sp³-hybridized carbons (Fsp3) is 0.379. The van der Waals surface area contributed by atoms with Gasteiger partial charge in [-0.05, 0) is 74.1 Å². The summed E-state index contributed by atoms with van der Waals surface area (Å²) in [7, 11) is 0. The third-order valence-electron chi connectivity index (χ3n) is 5.96. The molecule has 1 aromatic carbocycles. The molecule has 6 heteroatoms. The van der Waals surface area contributed by atoms with E-state index in [9.17, 15) is 4.79 Å². The lowest BCUT2D eigenvalue weighted by molar-refractivity contribution is -0.116. The van der Waals surface area contributed by atoms with E-state index in [1.54, 1.807) is 36.9 Å². The van der Waals surface area contributed by atoms with Crippen molar-refractivity contribution in [1.29, 1.82) is 0 Å². The van der Waals surface area contributed by atoms with Gasteiger partial charge in [0.2, 0.25) is 5.91 Å². The molecule has 0 radical (unpaired) electrons. The zero-order valence-corrected chi connectivity index (χ0v) is 20.9. The number of aryl methyl sites for hydroxylation is 1. The Labute approximate surface area is 209 Å². The van der Waals surface area contributed by atoms with Crippen molar-refractivity contribution in [3.63, 3.8) is 0 Å². The molecule has 0 aliphatic carbocycles. The summed E-state index contributed by atoms with van der Waals surface area (Å²) >= 11 is 0. The Morgan fingerprint density at radius 2 is 1.63 bits per heavy atom. The molecule has 0 aliphatic rings. The van der Waals surface area contributed by atoms with Gasteiger partial charge in [-0.3, -0.25) is 14.7 Å². The highest BCUT2D eigenvalue weighted by atomic mass is 16.1. The van der Waals surface area contributed by atoms with Crippen LogP contribution in [-0.2, 0) is 24.2 Å². The van der Waals surface area contributed by atoms with Gasteiger partial charge in [-0.25, -0.2) is 9.97 Å². The van der Waals surface area contributed by atoms with Crippen molar-refractivity contribution in [3.8, 4) is 0 Å². The molecule has 3 rings (SSSR count). The first-order valence-electron chi connectivity index (χ1n) is 12.5. The maximum Gasteiger partial charge on any atom is 0.243 e. The fourth-order valence-corrected chi connectivity index (χ4v) is 3.82. The van der Waals surface area contributed by atoms with Gasteiger partial charge in [-0.1, -0.05) is 30.7 Å². The smallest absolute Gasteiger partial charge is 0.243 e. The standard InChI is InChI=1S/C29H37N5O/c1-24(2)34(22-16-28-31-18-6-19-32-28)23-27-10-8-25(9-11-27)7-4-3-5-17-33-29(35)13-12-26-14-20-30-21-15-26/h6,8-15,18-21,24H,3-5,7,16-17,22-23H2,1-2H3,(H,33,35)/b13-12+. The number of nitrogens with zero attached hydrogens (tertiary/aromatic N) is 4. The number of hydrogen-bond donors (Lipinski definition) is 1. The summed E-state index contributed by atoms with van der Waals surface area (Å²) in [5.74, 6) is 0.846. The number of unbranched alkanes of at least 4 members (excludes halogenated alkanes) is 2. The Morgan fingerprint density at radius 1 is 0.914 bits per heavy atom. The third kappa shape index (κ3) is 10.2. The van der Waals surface area contributed by atoms with Crippen LogP contribution in [0.2, 0.25) is 0 Å². The van der Waals surface area contributed by atoms with Crippen LogP contribution < -0.4 is 5.32 Å². The lowest BCUT2D eigenvalue weighted by Crippen LogP contribution is -2.32. The summed E-state index contributed by atoms with van der Waals surface area (Å²) < 4.78 is 0. The second kappa shape index (κ2) is 14.8. The summed E-state index contributed by atoms with van der Waals surface area (Å²) in [6.45, 7) is 7.05. The van der Waals surface area contributed by atoms with Gasteiger partial charge in [0.25, 0.3) is 0 Å². The molecule has 0 bridgehead atoms. The maximum atomic E-state index is 11.9. The molecule has 2 aromatic heterocycles. The van der Waals surface area contributed by atoms with Gasteiger partial charge in [-0.15, -0.1) is 0 Å². The second-order valence-corrected chi connectivity index (χ2v) is 9.01. The molecule has 0 aliphatic heterocycles. The SMILES string of the molecule is CC(C)N(CCc1ncccn1)Cc1ccc(CCCCCNC(=O)/C=C/c2ccncc2)cc1. The van der Waals surface area contributed by atoms with Crippen LogP contribution in [0.15, 0.2) is 73.3 Å². The third-order valence-corrected chi connectivity index (χ3v) is 5.96. The van der Waals surface area contributed by atoms with Gasteiger partial charge in [0.15, 0.2) is 0 Å². The van der Waals surface area contributed by atoms with E-state index < -0.39 is 0 Å². The average Bonchev–Trinajstić information content (AvgIpc) is 2.89. The Hall–Kier alpha value is -3.38. The van der Waals surface area contributed by atoms with Crippen molar-refractivity contribution >= 4 is 12.0 Å². The molecule has 0 saturated carbocycles. The number of carbonyl (C=O) groups is 1. The molecular formula is C29H37N5O. The van der Waals surface area contributed by atoms with E-state index in [0.29, 0.717) is 12.6 Å². The molecule has 184 valence electrons. The molecule has 2 heterocycles. The maximum absolute atomic E-state index is 11.9. The zero-order valence-electron chi connectivity index (χ0n) is 20.9. The van der Waals surface area contributed by atoms with Crippen LogP contribution in [0.3, 0.4) is 0 Å². The molecular weight excluding hydrogens is 434 g/mol. The number of amides is 1. The van der Waals surface area contributed by atoms with E-state index in [1.165, 1.54) is 11.1 Å². The minimum atomic E-state index is -0.0517. The molecule has 0 atom stereocenters. The van der Waals surface area contributed by atoms with E-state index in [1.807, 2.05) is 18.2 Å². The highest BCUT2D eigenvalue weighted by Gasteiger charge is 2.11. The highest BCUT2D eigenvalue weighted by Crippen LogP contribution is 2.13. The van der Waals surface area contributed by atoms with Gasteiger partial charge in [0.1, 0.15) is 5.82 Å². The van der Waals surface area contributed by atoms with Crippen LogP contribution in [0.25, 0.3) is 6.08 Å². The van der Waals surface area contributed by atoms with E-state index in [2.05, 4.69) is 63.3 Å². The number of aromatic nitrogens is 3. The number of carbonyl (C=O) groups excluding carboxylic acids is 1. The Morgan fingerprint density at radius 3 is 2.34 bits per heavy atom. The quantitative estimate of drug-likeness (QED) is 0.268. The van der Waals surface area contributed by atoms with Crippen molar-refractivity contribution in [2.24, 2.45) is 0 Å². The summed E-state index contributed by atoms with van der Waals surface area (Å²) in [6.07, 6.45) is 15.6. The Kier molecular flexibility index (Phi) is 11.1. The first-order valence-corrected chi connectivity index (χ1v) is 12.5. The van der Waals surface area contributed by atoms with Crippen molar-refractivity contribution in [2.45, 2.75) is 58.5 Å². The summed E-state index contributed by atoms with van der Waals surface area (Å²) in [5.41, 5.74) is 3.67. The van der Waals surface area contributed by atoms with Crippen LogP contribution in [0.4, 0.5) is 0 Å². The molecule has 0 spiro atoms. The molecule has 35 heavy (non-hydrogen) atoms. The van der Waals surface area contributed by atoms with Gasteiger partial charge in [-0.2, -0.15) is 0 Å². The largest absolute Gasteiger partial charge is 0.353 e. The number of pyridine rings is 1. The normalized spacial score (nSPS) is 11.4. The fourth-order valence-electron chi connectivity index (χ4n) is 3.82. The minimum absolute atomic E-state index is 0.0517. The van der Waals surface area contributed by atoms with Crippen molar-refractivity contribution in [1.82, 2.24) is 25.2 Å². The van der Waals surface area contributed by atoms with Crippen molar-refractivity contribution in [2.75, 3.05) is 13.1 Å². The predicted molar refractivity (Wildman–Crippen MR) is 142 cm³/mol. The summed E-state index contributed by atoms with van der Waals surface area (Å²) in [4.78, 5) is 27.0. The van der Waals surface area contributed by atoms with Crippen molar-refractivity contribution < 1.29 is 4.79 Å². The first-order chi connectivity index (χ1) is 17.1. The number of benzene rings is 1. The van der Waals surface area contributed by atoms with E-state index in [4.69, 9.17) is 0 Å². The second-order valence-electron chi connectivity index (χ2n) is 9.01. The first kappa shape index (κ1) is 26.2. The molecule has 3 aromatic rings. The van der Waals surface area contributed by atoms with Gasteiger partial charge >= 0.3 is 0 Å². The van der Waals surface area contributed by atoms with Crippen LogP contribution in [-0.4, -0.2) is 44.9 Å². The van der Waals surface area contributed by atoms with Crippen molar-refractivity contribution in [3.05, 3.63) is 95.8 Å². The topological polar surface area (TPSA) is 71.0 Å². The van der Waals surface area contributed by atoms with Crippen LogP contribution in [0.5, 0.6) is 0 Å². The lowest BCUT2D eigenvalue weighted by atomic mass is 10.0.